The maximum atomic E-state index is 11.9. The highest BCUT2D eigenvalue weighted by Crippen LogP contribution is 2.10. The van der Waals surface area contributed by atoms with Crippen LogP contribution in [0.15, 0.2) is 48.6 Å². The Morgan fingerprint density at radius 1 is 0.960 bits per heavy atom. The lowest BCUT2D eigenvalue weighted by atomic mass is 10.1. The van der Waals surface area contributed by atoms with Gasteiger partial charge in [0.05, 0.1) is 0 Å². The molecule has 1 rings (SSSR count). The van der Waals surface area contributed by atoms with Gasteiger partial charge in [0, 0.05) is 12.8 Å². The van der Waals surface area contributed by atoms with Crippen molar-refractivity contribution in [1.82, 2.24) is 0 Å². The van der Waals surface area contributed by atoms with Crippen LogP contribution in [-0.4, -0.2) is 12.1 Å². The number of unbranched alkanes of at least 4 members (excludes halogenated alkanes) is 6. The Morgan fingerprint density at radius 2 is 1.68 bits per heavy atom. The van der Waals surface area contributed by atoms with E-state index in [1.165, 1.54) is 38.5 Å². The van der Waals surface area contributed by atoms with Crippen LogP contribution in [0.25, 0.3) is 0 Å². The van der Waals surface area contributed by atoms with Gasteiger partial charge < -0.3 is 4.74 Å². The van der Waals surface area contributed by atoms with Crippen molar-refractivity contribution >= 4 is 5.97 Å². The van der Waals surface area contributed by atoms with Crippen LogP contribution < -0.4 is 0 Å². The zero-order chi connectivity index (χ0) is 18.0. The average molecular weight is 345 g/mol. The van der Waals surface area contributed by atoms with Gasteiger partial charge in [-0.1, -0.05) is 81.6 Å². The van der Waals surface area contributed by atoms with E-state index in [1.54, 1.807) is 0 Å². The fraction of sp³-hybridized carbons (Fsp3) is 0.609. The van der Waals surface area contributed by atoms with Gasteiger partial charge in [0.1, 0.15) is 6.10 Å². The van der Waals surface area contributed by atoms with Crippen LogP contribution >= 0.6 is 0 Å². The van der Waals surface area contributed by atoms with Crippen LogP contribution in [0.2, 0.25) is 0 Å². The minimum Gasteiger partial charge on any atom is -0.458 e. The van der Waals surface area contributed by atoms with Gasteiger partial charge in [0.15, 0.2) is 0 Å². The molecular weight excluding hydrogens is 308 g/mol. The number of rotatable bonds is 9. The molecule has 0 saturated heterocycles. The molecule has 0 amide bonds. The molecule has 25 heavy (non-hydrogen) atoms. The van der Waals surface area contributed by atoms with E-state index in [0.717, 1.165) is 32.1 Å². The summed E-state index contributed by atoms with van der Waals surface area (Å²) in [5, 5.41) is 0. The molecule has 1 unspecified atom stereocenters. The van der Waals surface area contributed by atoms with E-state index < -0.39 is 0 Å². The highest BCUT2D eigenvalue weighted by Gasteiger charge is 2.09. The molecule has 0 aromatic heterocycles. The van der Waals surface area contributed by atoms with Crippen LogP contribution in [0.5, 0.6) is 0 Å². The van der Waals surface area contributed by atoms with E-state index in [0.29, 0.717) is 6.42 Å². The minimum atomic E-state index is -0.147. The summed E-state index contributed by atoms with van der Waals surface area (Å²) in [7, 11) is 0. The van der Waals surface area contributed by atoms with Crippen molar-refractivity contribution in [2.45, 2.75) is 90.1 Å². The van der Waals surface area contributed by atoms with Gasteiger partial charge in [-0.05, 0) is 38.2 Å². The van der Waals surface area contributed by atoms with Gasteiger partial charge >= 0.3 is 5.97 Å². The molecule has 0 saturated carbocycles. The van der Waals surface area contributed by atoms with Crippen molar-refractivity contribution in [1.29, 1.82) is 0 Å². The summed E-state index contributed by atoms with van der Waals surface area (Å²) in [6.07, 6.45) is 29.9. The van der Waals surface area contributed by atoms with Gasteiger partial charge in [0.25, 0.3) is 0 Å². The third-order valence-electron chi connectivity index (χ3n) is 4.30. The molecule has 1 aliphatic rings. The highest BCUT2D eigenvalue weighted by molar-refractivity contribution is 5.69. The van der Waals surface area contributed by atoms with Crippen LogP contribution in [0, 0.1) is 0 Å². The van der Waals surface area contributed by atoms with Crippen LogP contribution in [0.4, 0.5) is 0 Å². The average Bonchev–Trinajstić information content (AvgIpc) is 2.60. The zero-order valence-corrected chi connectivity index (χ0v) is 16.0. The van der Waals surface area contributed by atoms with Gasteiger partial charge in [-0.25, -0.2) is 0 Å². The molecule has 140 valence electrons. The monoisotopic (exact) mass is 344 g/mol. The molecule has 2 nitrogen and oxygen atoms in total. The predicted octanol–water partition coefficient (Wildman–Crippen LogP) is 6.84. The largest absolute Gasteiger partial charge is 0.458 e. The third kappa shape index (κ3) is 13.4. The Labute approximate surface area is 154 Å². The van der Waals surface area contributed by atoms with Crippen molar-refractivity contribution in [3.63, 3.8) is 0 Å². The van der Waals surface area contributed by atoms with Crippen LogP contribution in [0.3, 0.4) is 0 Å². The summed E-state index contributed by atoms with van der Waals surface area (Å²) in [6.45, 7) is 2.25. The van der Waals surface area contributed by atoms with Gasteiger partial charge in [0.2, 0.25) is 0 Å². The SMILES string of the molecule is CCCCCCCCC=CC=CC1C/C=C\CC/C=C\CCC(=O)O1. The van der Waals surface area contributed by atoms with E-state index in [9.17, 15) is 4.79 Å². The number of ether oxygens (including phenoxy) is 1. The molecule has 2 heteroatoms. The Kier molecular flexibility index (Phi) is 13.7. The number of esters is 1. The first-order chi connectivity index (χ1) is 12.3. The lowest BCUT2D eigenvalue weighted by molar-refractivity contribution is -0.146. The first-order valence-electron chi connectivity index (χ1n) is 10.2. The Hall–Kier alpha value is -1.57. The van der Waals surface area contributed by atoms with E-state index in [-0.39, 0.29) is 12.1 Å². The minimum absolute atomic E-state index is 0.107. The van der Waals surface area contributed by atoms with E-state index >= 15 is 0 Å². The molecule has 0 aliphatic carbocycles. The first-order valence-corrected chi connectivity index (χ1v) is 10.2. The lowest BCUT2D eigenvalue weighted by Gasteiger charge is -2.12. The zero-order valence-electron chi connectivity index (χ0n) is 16.0. The maximum absolute atomic E-state index is 11.9. The van der Waals surface area contributed by atoms with E-state index in [4.69, 9.17) is 4.74 Å². The molecule has 0 N–H and O–H groups in total. The van der Waals surface area contributed by atoms with Crippen LogP contribution in [-0.2, 0) is 9.53 Å². The van der Waals surface area contributed by atoms with E-state index in [1.807, 2.05) is 12.2 Å². The summed E-state index contributed by atoms with van der Waals surface area (Å²) in [4.78, 5) is 11.9. The third-order valence-corrected chi connectivity index (χ3v) is 4.30. The molecule has 0 aromatic rings. The molecule has 0 spiro atoms. The number of hydrogen-bond donors (Lipinski definition) is 0. The van der Waals surface area contributed by atoms with Crippen molar-refractivity contribution in [3.8, 4) is 0 Å². The Bertz CT molecular complexity index is 443. The van der Waals surface area contributed by atoms with E-state index in [2.05, 4.69) is 43.4 Å². The fourth-order valence-electron chi connectivity index (χ4n) is 2.78. The van der Waals surface area contributed by atoms with Crippen molar-refractivity contribution in [2.24, 2.45) is 0 Å². The normalized spacial score (nSPS) is 22.4. The molecular formula is C23H36O2. The molecule has 1 aliphatic heterocycles. The number of carbonyl (C=O) groups is 1. The maximum Gasteiger partial charge on any atom is 0.306 e. The van der Waals surface area contributed by atoms with Gasteiger partial charge in [-0.3, -0.25) is 4.79 Å². The van der Waals surface area contributed by atoms with Gasteiger partial charge in [-0.15, -0.1) is 0 Å². The first kappa shape index (κ1) is 21.5. The number of allylic oxidation sites excluding steroid dienone is 6. The molecule has 0 aromatic carbocycles. The van der Waals surface area contributed by atoms with Crippen molar-refractivity contribution in [2.75, 3.05) is 0 Å². The summed E-state index contributed by atoms with van der Waals surface area (Å²) in [6, 6.07) is 0. The Balaban J connectivity index is 2.28. The summed E-state index contributed by atoms with van der Waals surface area (Å²) in [5.41, 5.74) is 0. The molecule has 1 atom stereocenters. The number of cyclic esters (lactones) is 1. The summed E-state index contributed by atoms with van der Waals surface area (Å²) in [5.74, 6) is -0.107. The smallest absolute Gasteiger partial charge is 0.306 e. The van der Waals surface area contributed by atoms with Crippen LogP contribution in [0.1, 0.15) is 84.0 Å². The molecule has 0 radical (unpaired) electrons. The topological polar surface area (TPSA) is 26.3 Å². The second kappa shape index (κ2) is 15.9. The lowest BCUT2D eigenvalue weighted by Crippen LogP contribution is -2.15. The number of carbonyl (C=O) groups excluding carboxylic acids is 1. The molecule has 1 heterocycles. The van der Waals surface area contributed by atoms with Crippen molar-refractivity contribution in [3.05, 3.63) is 48.6 Å². The van der Waals surface area contributed by atoms with Crippen molar-refractivity contribution < 1.29 is 9.53 Å². The summed E-state index contributed by atoms with van der Waals surface area (Å²) < 4.78 is 5.56. The fourth-order valence-corrected chi connectivity index (χ4v) is 2.78. The molecule has 0 bridgehead atoms. The molecule has 0 fully saturated rings. The second-order valence-electron chi connectivity index (χ2n) is 6.69. The summed E-state index contributed by atoms with van der Waals surface area (Å²) >= 11 is 0. The predicted molar refractivity (Wildman–Crippen MR) is 108 cm³/mol. The number of hydrogen-bond acceptors (Lipinski definition) is 2. The Morgan fingerprint density at radius 3 is 2.52 bits per heavy atom. The standard InChI is InChI=1S/C23H36O2/c1-2-3-4-5-6-7-8-10-13-16-19-22-20-17-14-11-9-12-15-18-21-23(24)25-22/h10,12-17,19,22H,2-9,11,18,20-21H2,1H3/b13-10?,15-12-,17-14-,19-16?. The highest BCUT2D eigenvalue weighted by atomic mass is 16.5. The van der Waals surface area contributed by atoms with Gasteiger partial charge in [-0.2, -0.15) is 0 Å². The second-order valence-corrected chi connectivity index (χ2v) is 6.69. The quantitative estimate of drug-likeness (QED) is 0.198.